The van der Waals surface area contributed by atoms with E-state index in [0.29, 0.717) is 0 Å². The van der Waals surface area contributed by atoms with Gasteiger partial charge in [-0.2, -0.15) is 5.26 Å². The van der Waals surface area contributed by atoms with Gasteiger partial charge in [-0.1, -0.05) is 18.6 Å². The van der Waals surface area contributed by atoms with Crippen LogP contribution in [0.15, 0.2) is 34.9 Å². The SMILES string of the molecule is CN(CC1(C#N)CCC1)c1coc2ccccc12. The van der Waals surface area contributed by atoms with E-state index in [1.807, 2.05) is 25.2 Å². The Bertz CT molecular complexity index is 604. The van der Waals surface area contributed by atoms with Gasteiger partial charge in [-0.05, 0) is 25.0 Å². The molecule has 0 spiro atoms. The average molecular weight is 240 g/mol. The van der Waals surface area contributed by atoms with E-state index in [4.69, 9.17) is 4.42 Å². The summed E-state index contributed by atoms with van der Waals surface area (Å²) in [5.74, 6) is 0. The molecule has 0 unspecified atom stereocenters. The Kier molecular flexibility index (Phi) is 2.52. The lowest BCUT2D eigenvalue weighted by Crippen LogP contribution is -2.39. The van der Waals surface area contributed by atoms with Crippen molar-refractivity contribution in [1.29, 1.82) is 5.26 Å². The lowest BCUT2D eigenvalue weighted by molar-refractivity contribution is 0.223. The van der Waals surface area contributed by atoms with Crippen molar-refractivity contribution in [2.24, 2.45) is 5.41 Å². The summed E-state index contributed by atoms with van der Waals surface area (Å²) in [6.07, 6.45) is 5.00. The lowest BCUT2D eigenvalue weighted by atomic mass is 9.69. The first kappa shape index (κ1) is 11.2. The van der Waals surface area contributed by atoms with Crippen LogP contribution in [0.1, 0.15) is 19.3 Å². The molecule has 0 atom stereocenters. The first-order valence-electron chi connectivity index (χ1n) is 6.33. The molecule has 3 heteroatoms. The van der Waals surface area contributed by atoms with Gasteiger partial charge in [0.15, 0.2) is 0 Å². The van der Waals surface area contributed by atoms with Gasteiger partial charge in [-0.3, -0.25) is 0 Å². The molecule has 3 rings (SSSR count). The standard InChI is InChI=1S/C15H16N2O/c1-17(11-15(10-16)7-4-8-15)13-9-18-14-6-3-2-5-12(13)14/h2-3,5-6,9H,4,7-8,11H2,1H3. The van der Waals surface area contributed by atoms with Gasteiger partial charge in [0.2, 0.25) is 0 Å². The third-order valence-corrected chi connectivity index (χ3v) is 3.96. The summed E-state index contributed by atoms with van der Waals surface area (Å²) in [4.78, 5) is 2.15. The molecule has 1 aliphatic carbocycles. The van der Waals surface area contributed by atoms with Gasteiger partial charge in [-0.25, -0.2) is 0 Å². The van der Waals surface area contributed by atoms with Crippen LogP contribution in [-0.2, 0) is 0 Å². The Balaban J connectivity index is 1.88. The molecule has 1 fully saturated rings. The summed E-state index contributed by atoms with van der Waals surface area (Å²) >= 11 is 0. The molecule has 0 amide bonds. The van der Waals surface area contributed by atoms with Crippen molar-refractivity contribution in [3.8, 4) is 6.07 Å². The van der Waals surface area contributed by atoms with Gasteiger partial charge in [0.05, 0.1) is 17.2 Å². The second-order valence-corrected chi connectivity index (χ2v) is 5.22. The summed E-state index contributed by atoms with van der Waals surface area (Å²) in [6, 6.07) is 10.5. The Hall–Kier alpha value is -1.95. The van der Waals surface area contributed by atoms with Gasteiger partial charge >= 0.3 is 0 Å². The molecule has 0 saturated heterocycles. The number of rotatable bonds is 3. The number of nitrogens with zero attached hydrogens (tertiary/aromatic N) is 2. The zero-order valence-electron chi connectivity index (χ0n) is 10.5. The average Bonchev–Trinajstić information content (AvgIpc) is 2.77. The molecule has 92 valence electrons. The second-order valence-electron chi connectivity index (χ2n) is 5.22. The predicted octanol–water partition coefficient (Wildman–Crippen LogP) is 3.56. The summed E-state index contributed by atoms with van der Waals surface area (Å²) in [5, 5.41) is 10.4. The molecule has 3 nitrogen and oxygen atoms in total. The first-order valence-corrected chi connectivity index (χ1v) is 6.33. The molecule has 0 radical (unpaired) electrons. The maximum Gasteiger partial charge on any atom is 0.136 e. The molecule has 1 heterocycles. The van der Waals surface area contributed by atoms with Gasteiger partial charge in [0, 0.05) is 19.0 Å². The smallest absolute Gasteiger partial charge is 0.136 e. The fourth-order valence-electron chi connectivity index (χ4n) is 2.71. The van der Waals surface area contributed by atoms with E-state index in [9.17, 15) is 5.26 Å². The van der Waals surface area contributed by atoms with Crippen molar-refractivity contribution in [2.45, 2.75) is 19.3 Å². The molecular weight excluding hydrogens is 224 g/mol. The van der Waals surface area contributed by atoms with E-state index in [0.717, 1.165) is 36.0 Å². The largest absolute Gasteiger partial charge is 0.462 e. The molecule has 0 bridgehead atoms. The highest BCUT2D eigenvalue weighted by molar-refractivity contribution is 5.90. The zero-order chi connectivity index (χ0) is 12.6. The van der Waals surface area contributed by atoms with Gasteiger partial charge in [0.25, 0.3) is 0 Å². The molecular formula is C15H16N2O. The third kappa shape index (κ3) is 1.65. The van der Waals surface area contributed by atoms with Crippen molar-refractivity contribution >= 4 is 16.7 Å². The number of furan rings is 1. The van der Waals surface area contributed by atoms with Crippen LogP contribution >= 0.6 is 0 Å². The number of fused-ring (bicyclic) bond motifs is 1. The van der Waals surface area contributed by atoms with E-state index >= 15 is 0 Å². The number of nitriles is 1. The number of para-hydroxylation sites is 1. The maximum atomic E-state index is 9.30. The van der Waals surface area contributed by atoms with Crippen molar-refractivity contribution in [3.05, 3.63) is 30.5 Å². The fourth-order valence-corrected chi connectivity index (χ4v) is 2.71. The Morgan fingerprint density at radius 2 is 2.17 bits per heavy atom. The molecule has 1 aromatic carbocycles. The van der Waals surface area contributed by atoms with E-state index in [2.05, 4.69) is 17.0 Å². The fraction of sp³-hybridized carbons (Fsp3) is 0.400. The van der Waals surface area contributed by atoms with E-state index in [-0.39, 0.29) is 5.41 Å². The Labute approximate surface area is 107 Å². The maximum absolute atomic E-state index is 9.30. The minimum atomic E-state index is -0.146. The molecule has 2 aromatic rings. The minimum absolute atomic E-state index is 0.146. The van der Waals surface area contributed by atoms with E-state index in [1.165, 1.54) is 6.42 Å². The van der Waals surface area contributed by atoms with Crippen molar-refractivity contribution in [1.82, 2.24) is 0 Å². The summed E-state index contributed by atoms with van der Waals surface area (Å²) in [5.41, 5.74) is 1.83. The van der Waals surface area contributed by atoms with E-state index < -0.39 is 0 Å². The van der Waals surface area contributed by atoms with Crippen LogP contribution in [0.5, 0.6) is 0 Å². The monoisotopic (exact) mass is 240 g/mol. The third-order valence-electron chi connectivity index (χ3n) is 3.96. The van der Waals surface area contributed by atoms with Crippen LogP contribution in [0.25, 0.3) is 11.0 Å². The summed E-state index contributed by atoms with van der Waals surface area (Å²) < 4.78 is 5.55. The molecule has 1 saturated carbocycles. The van der Waals surface area contributed by atoms with Crippen molar-refractivity contribution in [3.63, 3.8) is 0 Å². The van der Waals surface area contributed by atoms with Crippen LogP contribution in [0, 0.1) is 16.7 Å². The number of anilines is 1. The van der Waals surface area contributed by atoms with Crippen molar-refractivity contribution < 1.29 is 4.42 Å². The van der Waals surface area contributed by atoms with Gasteiger partial charge in [-0.15, -0.1) is 0 Å². The minimum Gasteiger partial charge on any atom is -0.462 e. The van der Waals surface area contributed by atoms with Crippen LogP contribution in [0.4, 0.5) is 5.69 Å². The summed E-state index contributed by atoms with van der Waals surface area (Å²) in [7, 11) is 2.04. The Morgan fingerprint density at radius 1 is 1.39 bits per heavy atom. The highest BCUT2D eigenvalue weighted by Crippen LogP contribution is 2.42. The summed E-state index contributed by atoms with van der Waals surface area (Å²) in [6.45, 7) is 0.785. The van der Waals surface area contributed by atoms with Crippen LogP contribution in [0.2, 0.25) is 0 Å². The lowest BCUT2D eigenvalue weighted by Gasteiger charge is -2.38. The van der Waals surface area contributed by atoms with Crippen LogP contribution in [-0.4, -0.2) is 13.6 Å². The Morgan fingerprint density at radius 3 is 2.83 bits per heavy atom. The molecule has 1 aliphatic rings. The van der Waals surface area contributed by atoms with Gasteiger partial charge < -0.3 is 9.32 Å². The highest BCUT2D eigenvalue weighted by Gasteiger charge is 2.38. The number of hydrogen-bond acceptors (Lipinski definition) is 3. The normalized spacial score (nSPS) is 17.1. The zero-order valence-corrected chi connectivity index (χ0v) is 10.5. The highest BCUT2D eigenvalue weighted by atomic mass is 16.3. The molecule has 0 N–H and O–H groups in total. The number of benzene rings is 1. The second kappa shape index (κ2) is 4.06. The number of hydrogen-bond donors (Lipinski definition) is 0. The van der Waals surface area contributed by atoms with Crippen LogP contribution < -0.4 is 4.90 Å². The van der Waals surface area contributed by atoms with Crippen LogP contribution in [0.3, 0.4) is 0 Å². The quantitative estimate of drug-likeness (QED) is 0.823. The van der Waals surface area contributed by atoms with Gasteiger partial charge in [0.1, 0.15) is 11.8 Å². The molecule has 0 aliphatic heterocycles. The topological polar surface area (TPSA) is 40.2 Å². The molecule has 1 aromatic heterocycles. The molecule has 18 heavy (non-hydrogen) atoms. The predicted molar refractivity (Wildman–Crippen MR) is 71.4 cm³/mol. The first-order chi connectivity index (χ1) is 8.74. The van der Waals surface area contributed by atoms with Crippen molar-refractivity contribution in [2.75, 3.05) is 18.5 Å². The van der Waals surface area contributed by atoms with E-state index in [1.54, 1.807) is 6.26 Å².